The van der Waals surface area contributed by atoms with Crippen molar-refractivity contribution in [2.45, 2.75) is 38.8 Å². The van der Waals surface area contributed by atoms with Crippen LogP contribution in [0.2, 0.25) is 0 Å². The van der Waals surface area contributed by atoms with Gasteiger partial charge >= 0.3 is 0 Å². The van der Waals surface area contributed by atoms with Crippen molar-refractivity contribution in [1.82, 2.24) is 5.06 Å². The van der Waals surface area contributed by atoms with Gasteiger partial charge in [0, 0.05) is 12.6 Å². The van der Waals surface area contributed by atoms with Gasteiger partial charge in [0.1, 0.15) is 0 Å². The Kier molecular flexibility index (Phi) is 4.15. The molecule has 0 saturated carbocycles. The van der Waals surface area contributed by atoms with Crippen molar-refractivity contribution in [3.05, 3.63) is 35.4 Å². The summed E-state index contributed by atoms with van der Waals surface area (Å²) in [6.45, 7) is 5.97. The van der Waals surface area contributed by atoms with Crippen molar-refractivity contribution in [2.75, 3.05) is 13.2 Å². The minimum Gasteiger partial charge on any atom is -0.326 e. The van der Waals surface area contributed by atoms with Gasteiger partial charge in [0.05, 0.1) is 12.6 Å². The van der Waals surface area contributed by atoms with E-state index < -0.39 is 0 Å². The first-order valence-electron chi connectivity index (χ1n) is 6.41. The van der Waals surface area contributed by atoms with Gasteiger partial charge in [0.15, 0.2) is 0 Å². The second-order valence-electron chi connectivity index (χ2n) is 4.84. The predicted octanol–water partition coefficient (Wildman–Crippen LogP) is 2.41. The van der Waals surface area contributed by atoms with Gasteiger partial charge in [-0.15, -0.1) is 0 Å². The fourth-order valence-corrected chi connectivity index (χ4v) is 2.45. The molecule has 1 aromatic rings. The summed E-state index contributed by atoms with van der Waals surface area (Å²) < 4.78 is 0. The quantitative estimate of drug-likeness (QED) is 0.873. The Labute approximate surface area is 104 Å². The van der Waals surface area contributed by atoms with E-state index in [1.807, 2.05) is 0 Å². The first kappa shape index (κ1) is 12.6. The van der Waals surface area contributed by atoms with Gasteiger partial charge in [0.25, 0.3) is 0 Å². The van der Waals surface area contributed by atoms with Crippen LogP contribution < -0.4 is 5.73 Å². The molecule has 0 radical (unpaired) electrons. The number of nitrogens with two attached hydrogens (primary N) is 1. The van der Waals surface area contributed by atoms with E-state index in [0.29, 0.717) is 0 Å². The number of hydrogen-bond acceptors (Lipinski definition) is 3. The number of nitrogens with zero attached hydrogens (tertiary/aromatic N) is 1. The monoisotopic (exact) mass is 234 g/mol. The van der Waals surface area contributed by atoms with Crippen molar-refractivity contribution in [3.63, 3.8) is 0 Å². The van der Waals surface area contributed by atoms with E-state index in [1.54, 1.807) is 0 Å². The Morgan fingerprint density at radius 1 is 1.29 bits per heavy atom. The molecule has 1 saturated heterocycles. The van der Waals surface area contributed by atoms with Gasteiger partial charge in [-0.3, -0.25) is 4.84 Å². The maximum atomic E-state index is 6.15. The summed E-state index contributed by atoms with van der Waals surface area (Å²) in [6, 6.07) is 8.65. The SMILES string of the molecule is Cc1ccccc1C(C(C)N)N1CCCCO1. The lowest BCUT2D eigenvalue weighted by atomic mass is 9.96. The minimum absolute atomic E-state index is 0.0641. The van der Waals surface area contributed by atoms with Crippen LogP contribution in [0.3, 0.4) is 0 Å². The first-order valence-corrected chi connectivity index (χ1v) is 6.41. The molecule has 2 rings (SSSR count). The maximum Gasteiger partial charge on any atom is 0.0752 e. The molecule has 1 aliphatic rings. The fraction of sp³-hybridized carbons (Fsp3) is 0.571. The van der Waals surface area contributed by atoms with E-state index in [1.165, 1.54) is 17.5 Å². The summed E-state index contributed by atoms with van der Waals surface area (Å²) in [4.78, 5) is 5.76. The molecule has 0 aromatic heterocycles. The zero-order valence-corrected chi connectivity index (χ0v) is 10.7. The van der Waals surface area contributed by atoms with Crippen LogP contribution in [0.15, 0.2) is 24.3 Å². The second kappa shape index (κ2) is 5.63. The van der Waals surface area contributed by atoms with Crippen LogP contribution in [-0.2, 0) is 4.84 Å². The molecule has 3 heteroatoms. The average Bonchev–Trinajstić information content (AvgIpc) is 2.33. The van der Waals surface area contributed by atoms with Crippen LogP contribution in [0.1, 0.15) is 36.9 Å². The van der Waals surface area contributed by atoms with Gasteiger partial charge in [-0.2, -0.15) is 5.06 Å². The summed E-state index contributed by atoms with van der Waals surface area (Å²) in [5, 5.41) is 2.07. The lowest BCUT2D eigenvalue weighted by molar-refractivity contribution is -0.211. The van der Waals surface area contributed by atoms with Crippen LogP contribution in [0.4, 0.5) is 0 Å². The van der Waals surface area contributed by atoms with E-state index in [-0.39, 0.29) is 12.1 Å². The van der Waals surface area contributed by atoms with Crippen LogP contribution >= 0.6 is 0 Å². The summed E-state index contributed by atoms with van der Waals surface area (Å²) in [5.41, 5.74) is 8.71. The minimum atomic E-state index is 0.0641. The zero-order valence-electron chi connectivity index (χ0n) is 10.7. The van der Waals surface area contributed by atoms with E-state index in [9.17, 15) is 0 Å². The normalized spacial score (nSPS) is 21.1. The third kappa shape index (κ3) is 2.86. The van der Waals surface area contributed by atoms with Crippen LogP contribution in [0.5, 0.6) is 0 Å². The molecular weight excluding hydrogens is 212 g/mol. The molecule has 1 aromatic carbocycles. The zero-order chi connectivity index (χ0) is 12.3. The van der Waals surface area contributed by atoms with E-state index >= 15 is 0 Å². The highest BCUT2D eigenvalue weighted by Gasteiger charge is 2.27. The molecule has 1 heterocycles. The smallest absolute Gasteiger partial charge is 0.0752 e. The molecular formula is C14H22N2O. The predicted molar refractivity (Wildman–Crippen MR) is 69.5 cm³/mol. The highest BCUT2D eigenvalue weighted by atomic mass is 16.7. The van der Waals surface area contributed by atoms with E-state index in [0.717, 1.165) is 19.6 Å². The van der Waals surface area contributed by atoms with Crippen LogP contribution in [-0.4, -0.2) is 24.3 Å². The lowest BCUT2D eigenvalue weighted by Crippen LogP contribution is -2.42. The second-order valence-corrected chi connectivity index (χ2v) is 4.84. The molecule has 0 aliphatic carbocycles. The number of aryl methyl sites for hydroxylation is 1. The van der Waals surface area contributed by atoms with Gasteiger partial charge in [-0.25, -0.2) is 0 Å². The maximum absolute atomic E-state index is 6.15. The number of benzene rings is 1. The molecule has 2 N–H and O–H groups in total. The fourth-order valence-electron chi connectivity index (χ4n) is 2.45. The third-order valence-electron chi connectivity index (χ3n) is 3.35. The Hall–Kier alpha value is -0.900. The Balaban J connectivity index is 2.25. The molecule has 0 spiro atoms. The first-order chi connectivity index (χ1) is 8.20. The van der Waals surface area contributed by atoms with Crippen molar-refractivity contribution < 1.29 is 4.84 Å². The van der Waals surface area contributed by atoms with Crippen LogP contribution in [0, 0.1) is 6.92 Å². The summed E-state index contributed by atoms with van der Waals surface area (Å²) in [7, 11) is 0. The summed E-state index contributed by atoms with van der Waals surface area (Å²) >= 11 is 0. The summed E-state index contributed by atoms with van der Waals surface area (Å²) in [6.07, 6.45) is 2.34. The van der Waals surface area contributed by atoms with Crippen molar-refractivity contribution in [1.29, 1.82) is 0 Å². The van der Waals surface area contributed by atoms with Gasteiger partial charge in [-0.1, -0.05) is 24.3 Å². The van der Waals surface area contributed by atoms with Crippen molar-refractivity contribution in [2.24, 2.45) is 5.73 Å². The molecule has 3 nitrogen and oxygen atoms in total. The lowest BCUT2D eigenvalue weighted by Gasteiger charge is -2.36. The molecule has 94 valence electrons. The standard InChI is InChI=1S/C14H22N2O/c1-11-7-3-4-8-13(11)14(12(2)15)16-9-5-6-10-17-16/h3-4,7-8,12,14H,5-6,9-10,15H2,1-2H3. The molecule has 0 amide bonds. The molecule has 0 bridgehead atoms. The van der Waals surface area contributed by atoms with Gasteiger partial charge < -0.3 is 5.73 Å². The Morgan fingerprint density at radius 3 is 2.65 bits per heavy atom. The number of hydroxylamine groups is 2. The van der Waals surface area contributed by atoms with Crippen LogP contribution in [0.25, 0.3) is 0 Å². The topological polar surface area (TPSA) is 38.5 Å². The number of rotatable bonds is 3. The van der Waals surface area contributed by atoms with E-state index in [2.05, 4.69) is 43.2 Å². The molecule has 2 unspecified atom stereocenters. The molecule has 1 aliphatic heterocycles. The molecule has 17 heavy (non-hydrogen) atoms. The Bertz CT molecular complexity index is 359. The van der Waals surface area contributed by atoms with Crippen molar-refractivity contribution >= 4 is 0 Å². The van der Waals surface area contributed by atoms with E-state index in [4.69, 9.17) is 10.6 Å². The summed E-state index contributed by atoms with van der Waals surface area (Å²) in [5.74, 6) is 0. The average molecular weight is 234 g/mol. The highest BCUT2D eigenvalue weighted by molar-refractivity contribution is 5.29. The van der Waals surface area contributed by atoms with Crippen molar-refractivity contribution in [3.8, 4) is 0 Å². The molecule has 1 fully saturated rings. The highest BCUT2D eigenvalue weighted by Crippen LogP contribution is 2.28. The molecule has 2 atom stereocenters. The number of hydrogen-bond donors (Lipinski definition) is 1. The van der Waals surface area contributed by atoms with Gasteiger partial charge in [0.2, 0.25) is 0 Å². The van der Waals surface area contributed by atoms with Gasteiger partial charge in [-0.05, 0) is 37.8 Å². The largest absolute Gasteiger partial charge is 0.326 e. The third-order valence-corrected chi connectivity index (χ3v) is 3.35. The Morgan fingerprint density at radius 2 is 2.06 bits per heavy atom.